The molecule has 0 radical (unpaired) electrons. The molecule has 0 aromatic heterocycles. The fourth-order valence-corrected chi connectivity index (χ4v) is 4.16. The molecule has 2 amide bonds. The molecule has 31 heavy (non-hydrogen) atoms. The Hall–Kier alpha value is -2.91. The quantitative estimate of drug-likeness (QED) is 0.698. The molecule has 1 saturated heterocycles. The predicted octanol–water partition coefficient (Wildman–Crippen LogP) is 1.55. The van der Waals surface area contributed by atoms with Gasteiger partial charge in [-0.1, -0.05) is 24.3 Å². The molecule has 2 aromatic carbocycles. The second-order valence-corrected chi connectivity index (χ2v) is 9.33. The Balaban J connectivity index is 1.68. The molecule has 0 bridgehead atoms. The number of hydrogen-bond acceptors (Lipinski definition) is 5. The molecule has 3 rings (SSSR count). The van der Waals surface area contributed by atoms with E-state index in [9.17, 15) is 18.0 Å². The average molecular weight is 446 g/mol. The van der Waals surface area contributed by atoms with E-state index in [-0.39, 0.29) is 12.5 Å². The molecule has 1 N–H and O–H groups in total. The van der Waals surface area contributed by atoms with Crippen molar-refractivity contribution in [1.82, 2.24) is 10.2 Å². The number of nitrogens with zero attached hydrogens (tertiary/aromatic N) is 2. The van der Waals surface area contributed by atoms with Gasteiger partial charge in [0.25, 0.3) is 5.91 Å². The van der Waals surface area contributed by atoms with Gasteiger partial charge in [0.05, 0.1) is 25.2 Å². The van der Waals surface area contributed by atoms with Gasteiger partial charge < -0.3 is 15.0 Å². The number of rotatable bonds is 7. The number of sulfonamides is 1. The lowest BCUT2D eigenvalue weighted by atomic mass is 10.1. The fourth-order valence-electron chi connectivity index (χ4n) is 3.31. The molecule has 1 fully saturated rings. The van der Waals surface area contributed by atoms with Crippen molar-refractivity contribution >= 4 is 27.5 Å². The fraction of sp³-hybridized carbons (Fsp3) is 0.364. The molecule has 0 saturated carbocycles. The molecule has 1 heterocycles. The van der Waals surface area contributed by atoms with Gasteiger partial charge in [-0.25, -0.2) is 8.42 Å². The maximum Gasteiger partial charge on any atom is 0.254 e. The monoisotopic (exact) mass is 445 g/mol. The summed E-state index contributed by atoms with van der Waals surface area (Å²) >= 11 is 0. The molecule has 0 aliphatic carbocycles. The van der Waals surface area contributed by atoms with Crippen LogP contribution in [-0.4, -0.2) is 64.2 Å². The SMILES string of the molecule is Cc1ccccc1CNC(=O)CN(c1ccc(C(=O)N2CCOCC2)cc1)S(C)(=O)=O. The normalized spacial score (nSPS) is 14.2. The maximum atomic E-state index is 12.6. The number of aryl methyl sites for hydroxylation is 1. The Kier molecular flexibility index (Phi) is 7.29. The Morgan fingerprint density at radius 3 is 2.32 bits per heavy atom. The first-order valence-corrected chi connectivity index (χ1v) is 11.9. The molecule has 0 spiro atoms. The molecule has 9 heteroatoms. The van der Waals surface area contributed by atoms with Crippen LogP contribution in [0.4, 0.5) is 5.69 Å². The minimum atomic E-state index is -3.70. The van der Waals surface area contributed by atoms with Crippen molar-refractivity contribution in [2.75, 3.05) is 43.4 Å². The van der Waals surface area contributed by atoms with E-state index in [0.717, 1.165) is 21.7 Å². The minimum absolute atomic E-state index is 0.128. The van der Waals surface area contributed by atoms with Crippen molar-refractivity contribution in [3.8, 4) is 0 Å². The number of carbonyl (C=O) groups excluding carboxylic acids is 2. The highest BCUT2D eigenvalue weighted by atomic mass is 32.2. The van der Waals surface area contributed by atoms with Gasteiger partial charge in [-0.05, 0) is 42.3 Å². The second-order valence-electron chi connectivity index (χ2n) is 7.42. The molecule has 0 atom stereocenters. The van der Waals surface area contributed by atoms with E-state index in [2.05, 4.69) is 5.32 Å². The highest BCUT2D eigenvalue weighted by Crippen LogP contribution is 2.19. The molecule has 166 valence electrons. The third-order valence-corrected chi connectivity index (χ3v) is 6.27. The largest absolute Gasteiger partial charge is 0.378 e. The van der Waals surface area contributed by atoms with E-state index in [1.165, 1.54) is 0 Å². The molecule has 1 aliphatic heterocycles. The first kappa shape index (κ1) is 22.8. The Labute approximate surface area is 182 Å². The Morgan fingerprint density at radius 1 is 1.06 bits per heavy atom. The number of amides is 2. The zero-order chi connectivity index (χ0) is 22.4. The number of anilines is 1. The van der Waals surface area contributed by atoms with Crippen molar-refractivity contribution in [3.05, 3.63) is 65.2 Å². The third kappa shape index (κ3) is 6.05. The van der Waals surface area contributed by atoms with Crippen molar-refractivity contribution in [1.29, 1.82) is 0 Å². The summed E-state index contributed by atoms with van der Waals surface area (Å²) in [5.74, 6) is -0.543. The smallest absolute Gasteiger partial charge is 0.254 e. The topological polar surface area (TPSA) is 96.0 Å². The van der Waals surface area contributed by atoms with Gasteiger partial charge in [0.1, 0.15) is 6.54 Å². The number of ether oxygens (including phenoxy) is 1. The van der Waals surface area contributed by atoms with Crippen molar-refractivity contribution < 1.29 is 22.7 Å². The zero-order valence-corrected chi connectivity index (χ0v) is 18.5. The van der Waals surface area contributed by atoms with Crippen LogP contribution in [0, 0.1) is 6.92 Å². The van der Waals surface area contributed by atoms with Crippen LogP contribution in [0.25, 0.3) is 0 Å². The van der Waals surface area contributed by atoms with Crippen LogP contribution in [0.1, 0.15) is 21.5 Å². The van der Waals surface area contributed by atoms with Crippen molar-refractivity contribution in [3.63, 3.8) is 0 Å². The maximum absolute atomic E-state index is 12.6. The van der Waals surface area contributed by atoms with Crippen LogP contribution in [0.15, 0.2) is 48.5 Å². The van der Waals surface area contributed by atoms with Gasteiger partial charge in [0.2, 0.25) is 15.9 Å². The van der Waals surface area contributed by atoms with Crippen molar-refractivity contribution in [2.24, 2.45) is 0 Å². The molecule has 2 aromatic rings. The lowest BCUT2D eigenvalue weighted by molar-refractivity contribution is -0.119. The third-order valence-electron chi connectivity index (χ3n) is 5.13. The van der Waals surface area contributed by atoms with E-state index in [0.29, 0.717) is 44.1 Å². The van der Waals surface area contributed by atoms with E-state index >= 15 is 0 Å². The molecule has 0 unspecified atom stereocenters. The predicted molar refractivity (Wildman–Crippen MR) is 118 cm³/mol. The standard InChI is InChI=1S/C22H27N3O5S/c1-17-5-3-4-6-19(17)15-23-21(26)16-25(31(2,28)29)20-9-7-18(8-10-20)22(27)24-11-13-30-14-12-24/h3-10H,11-16H2,1-2H3,(H,23,26). The van der Waals surface area contributed by atoms with Gasteiger partial charge in [-0.2, -0.15) is 0 Å². The van der Waals surface area contributed by atoms with Crippen LogP contribution in [0.3, 0.4) is 0 Å². The summed E-state index contributed by atoms with van der Waals surface area (Å²) in [5, 5.41) is 2.77. The second kappa shape index (κ2) is 9.93. The number of carbonyl (C=O) groups is 2. The first-order chi connectivity index (χ1) is 14.8. The van der Waals surface area contributed by atoms with Gasteiger partial charge in [-0.15, -0.1) is 0 Å². The van der Waals surface area contributed by atoms with Crippen LogP contribution in [0.5, 0.6) is 0 Å². The van der Waals surface area contributed by atoms with E-state index < -0.39 is 15.9 Å². The number of nitrogens with one attached hydrogen (secondary N) is 1. The summed E-state index contributed by atoms with van der Waals surface area (Å²) < 4.78 is 30.9. The van der Waals surface area contributed by atoms with Crippen LogP contribution < -0.4 is 9.62 Å². The lowest BCUT2D eigenvalue weighted by Crippen LogP contribution is -2.41. The summed E-state index contributed by atoms with van der Waals surface area (Å²) in [6.07, 6.45) is 1.05. The number of morpholine rings is 1. The van der Waals surface area contributed by atoms with Gasteiger partial charge in [0, 0.05) is 25.2 Å². The Morgan fingerprint density at radius 2 is 1.71 bits per heavy atom. The van der Waals surface area contributed by atoms with E-state index in [1.54, 1.807) is 29.2 Å². The minimum Gasteiger partial charge on any atom is -0.378 e. The van der Waals surface area contributed by atoms with Crippen LogP contribution >= 0.6 is 0 Å². The number of hydrogen-bond donors (Lipinski definition) is 1. The van der Waals surface area contributed by atoms with Gasteiger partial charge >= 0.3 is 0 Å². The average Bonchev–Trinajstić information content (AvgIpc) is 2.76. The molecule has 1 aliphatic rings. The molecule has 8 nitrogen and oxygen atoms in total. The van der Waals surface area contributed by atoms with E-state index in [1.807, 2.05) is 31.2 Å². The summed E-state index contributed by atoms with van der Waals surface area (Å²) in [7, 11) is -3.70. The van der Waals surface area contributed by atoms with Crippen LogP contribution in [-0.2, 0) is 26.1 Å². The summed E-state index contributed by atoms with van der Waals surface area (Å²) in [4.78, 5) is 26.7. The summed E-state index contributed by atoms with van der Waals surface area (Å²) in [6, 6.07) is 13.9. The van der Waals surface area contributed by atoms with E-state index in [4.69, 9.17) is 4.74 Å². The highest BCUT2D eigenvalue weighted by molar-refractivity contribution is 7.92. The molecular formula is C22H27N3O5S. The summed E-state index contributed by atoms with van der Waals surface area (Å²) in [6.45, 7) is 3.97. The lowest BCUT2D eigenvalue weighted by Gasteiger charge is -2.27. The highest BCUT2D eigenvalue weighted by Gasteiger charge is 2.22. The Bertz CT molecular complexity index is 1030. The molecular weight excluding hydrogens is 418 g/mol. The zero-order valence-electron chi connectivity index (χ0n) is 17.7. The van der Waals surface area contributed by atoms with Gasteiger partial charge in [-0.3, -0.25) is 13.9 Å². The van der Waals surface area contributed by atoms with Gasteiger partial charge in [0.15, 0.2) is 0 Å². The number of benzene rings is 2. The van der Waals surface area contributed by atoms with Crippen LogP contribution in [0.2, 0.25) is 0 Å². The summed E-state index contributed by atoms with van der Waals surface area (Å²) in [5.41, 5.74) is 2.80. The first-order valence-electron chi connectivity index (χ1n) is 10.0. The van der Waals surface area contributed by atoms with Crippen molar-refractivity contribution in [2.45, 2.75) is 13.5 Å².